The van der Waals surface area contributed by atoms with E-state index in [1.807, 2.05) is 23.7 Å². The summed E-state index contributed by atoms with van der Waals surface area (Å²) in [7, 11) is 1.90. The standard InChI is InChI=1S/C15H19ClN4O2/c1-19-10-17-18-15(19)14-9-20(6-7-22-14)8-13(21)11-2-4-12(16)5-3-11/h2-5,10,13-14,21H,6-9H2,1H3/t13-,14-/m0/s1. The third kappa shape index (κ3) is 3.47. The number of aryl methyl sites for hydroxylation is 1. The fourth-order valence-electron chi connectivity index (χ4n) is 2.64. The van der Waals surface area contributed by atoms with Gasteiger partial charge in [0.1, 0.15) is 12.4 Å². The van der Waals surface area contributed by atoms with Crippen molar-refractivity contribution in [1.82, 2.24) is 19.7 Å². The topological polar surface area (TPSA) is 63.4 Å². The highest BCUT2D eigenvalue weighted by Crippen LogP contribution is 2.23. The van der Waals surface area contributed by atoms with Gasteiger partial charge in [0, 0.05) is 31.7 Å². The number of β-amino-alcohol motifs (C(OH)–C–C–N with tert-alkyl or cyclic N) is 1. The number of morpholine rings is 1. The van der Waals surface area contributed by atoms with Crippen LogP contribution in [0.5, 0.6) is 0 Å². The molecule has 2 heterocycles. The number of nitrogens with zero attached hydrogens (tertiary/aromatic N) is 4. The van der Waals surface area contributed by atoms with Gasteiger partial charge in [-0.05, 0) is 17.7 Å². The van der Waals surface area contributed by atoms with E-state index in [4.69, 9.17) is 16.3 Å². The lowest BCUT2D eigenvalue weighted by Crippen LogP contribution is -2.41. The molecule has 0 radical (unpaired) electrons. The molecule has 0 bridgehead atoms. The second-order valence-corrected chi connectivity index (χ2v) is 5.92. The van der Waals surface area contributed by atoms with E-state index >= 15 is 0 Å². The van der Waals surface area contributed by atoms with Gasteiger partial charge in [0.15, 0.2) is 5.82 Å². The van der Waals surface area contributed by atoms with Gasteiger partial charge in [-0.2, -0.15) is 0 Å². The fourth-order valence-corrected chi connectivity index (χ4v) is 2.77. The third-order valence-corrected chi connectivity index (χ3v) is 4.12. The molecule has 1 aliphatic heterocycles. The summed E-state index contributed by atoms with van der Waals surface area (Å²) in [6.45, 7) is 2.65. The number of aliphatic hydroxyl groups is 1. The van der Waals surface area contributed by atoms with Gasteiger partial charge in [0.05, 0.1) is 12.7 Å². The molecule has 22 heavy (non-hydrogen) atoms. The van der Waals surface area contributed by atoms with Crippen LogP contribution < -0.4 is 0 Å². The Morgan fingerprint density at radius 3 is 2.86 bits per heavy atom. The summed E-state index contributed by atoms with van der Waals surface area (Å²) in [5.41, 5.74) is 0.867. The highest BCUT2D eigenvalue weighted by Gasteiger charge is 2.26. The fraction of sp³-hybridized carbons (Fsp3) is 0.467. The van der Waals surface area contributed by atoms with Crippen LogP contribution in [0.15, 0.2) is 30.6 Å². The van der Waals surface area contributed by atoms with Crippen LogP contribution >= 0.6 is 11.6 Å². The first-order chi connectivity index (χ1) is 10.6. The van der Waals surface area contributed by atoms with Crippen molar-refractivity contribution in [2.45, 2.75) is 12.2 Å². The first-order valence-electron chi connectivity index (χ1n) is 7.25. The molecule has 0 amide bonds. The molecule has 6 nitrogen and oxygen atoms in total. The lowest BCUT2D eigenvalue weighted by Gasteiger charge is -2.33. The molecule has 1 saturated heterocycles. The first kappa shape index (κ1) is 15.4. The van der Waals surface area contributed by atoms with Crippen molar-refractivity contribution in [1.29, 1.82) is 0 Å². The minimum Gasteiger partial charge on any atom is -0.387 e. The largest absolute Gasteiger partial charge is 0.387 e. The van der Waals surface area contributed by atoms with Crippen LogP contribution in [0.1, 0.15) is 23.6 Å². The molecule has 2 atom stereocenters. The van der Waals surface area contributed by atoms with Crippen LogP contribution in [0.2, 0.25) is 5.02 Å². The molecule has 0 unspecified atom stereocenters. The van der Waals surface area contributed by atoms with Crippen molar-refractivity contribution >= 4 is 11.6 Å². The van der Waals surface area contributed by atoms with Crippen molar-refractivity contribution in [2.24, 2.45) is 7.05 Å². The van der Waals surface area contributed by atoms with Gasteiger partial charge in [-0.3, -0.25) is 4.90 Å². The van der Waals surface area contributed by atoms with Crippen molar-refractivity contribution in [3.63, 3.8) is 0 Å². The smallest absolute Gasteiger partial charge is 0.163 e. The van der Waals surface area contributed by atoms with Crippen LogP contribution in [0, 0.1) is 0 Å². The van der Waals surface area contributed by atoms with E-state index in [9.17, 15) is 5.11 Å². The van der Waals surface area contributed by atoms with Crippen LogP contribution in [-0.2, 0) is 11.8 Å². The minimum atomic E-state index is -0.546. The molecular weight excluding hydrogens is 304 g/mol. The average molecular weight is 323 g/mol. The molecule has 0 saturated carbocycles. The Morgan fingerprint density at radius 1 is 1.41 bits per heavy atom. The highest BCUT2D eigenvalue weighted by molar-refractivity contribution is 6.30. The summed E-state index contributed by atoms with van der Waals surface area (Å²) in [6, 6.07) is 7.30. The van der Waals surface area contributed by atoms with Gasteiger partial charge >= 0.3 is 0 Å². The van der Waals surface area contributed by atoms with Gasteiger partial charge in [-0.25, -0.2) is 0 Å². The number of hydrogen-bond acceptors (Lipinski definition) is 5. The molecule has 1 aromatic heterocycles. The Kier molecular flexibility index (Phi) is 4.73. The van der Waals surface area contributed by atoms with Crippen LogP contribution in [0.25, 0.3) is 0 Å². The third-order valence-electron chi connectivity index (χ3n) is 3.87. The second kappa shape index (κ2) is 6.75. The Labute approximate surface area is 134 Å². The minimum absolute atomic E-state index is 0.112. The van der Waals surface area contributed by atoms with E-state index in [-0.39, 0.29) is 6.10 Å². The van der Waals surface area contributed by atoms with Crippen molar-refractivity contribution in [3.05, 3.63) is 47.0 Å². The molecule has 2 aromatic rings. The quantitative estimate of drug-likeness (QED) is 0.926. The van der Waals surface area contributed by atoms with Gasteiger partial charge in [-0.15, -0.1) is 10.2 Å². The molecule has 1 aliphatic rings. The zero-order chi connectivity index (χ0) is 15.5. The first-order valence-corrected chi connectivity index (χ1v) is 7.62. The normalized spacial score (nSPS) is 21.0. The summed E-state index contributed by atoms with van der Waals surface area (Å²) in [4.78, 5) is 2.18. The number of ether oxygens (including phenoxy) is 1. The van der Waals surface area contributed by atoms with Gasteiger partial charge < -0.3 is 14.4 Å². The molecule has 1 aromatic carbocycles. The van der Waals surface area contributed by atoms with Crippen LogP contribution in [0.4, 0.5) is 0 Å². The summed E-state index contributed by atoms with van der Waals surface area (Å²) in [5, 5.41) is 19.0. The number of aromatic nitrogens is 3. The Hall–Kier alpha value is -1.47. The maximum absolute atomic E-state index is 10.4. The lowest BCUT2D eigenvalue weighted by atomic mass is 10.1. The van der Waals surface area contributed by atoms with Gasteiger partial charge in [0.2, 0.25) is 0 Å². The average Bonchev–Trinajstić information content (AvgIpc) is 2.94. The Bertz CT molecular complexity index is 616. The molecule has 7 heteroatoms. The Balaban J connectivity index is 1.63. The van der Waals surface area contributed by atoms with Crippen molar-refractivity contribution < 1.29 is 9.84 Å². The molecular formula is C15H19ClN4O2. The maximum Gasteiger partial charge on any atom is 0.163 e. The number of rotatable bonds is 4. The number of halogens is 1. The van der Waals surface area contributed by atoms with E-state index in [1.54, 1.807) is 18.5 Å². The molecule has 118 valence electrons. The summed E-state index contributed by atoms with van der Waals surface area (Å²) >= 11 is 5.88. The van der Waals surface area contributed by atoms with Crippen molar-refractivity contribution in [2.75, 3.05) is 26.2 Å². The number of aliphatic hydroxyl groups excluding tert-OH is 1. The van der Waals surface area contributed by atoms with E-state index in [2.05, 4.69) is 15.1 Å². The lowest BCUT2D eigenvalue weighted by molar-refractivity contribution is -0.0474. The van der Waals surface area contributed by atoms with E-state index in [0.29, 0.717) is 24.7 Å². The maximum atomic E-state index is 10.4. The molecule has 3 rings (SSSR count). The van der Waals surface area contributed by atoms with E-state index < -0.39 is 6.10 Å². The van der Waals surface area contributed by atoms with Gasteiger partial charge in [-0.1, -0.05) is 23.7 Å². The summed E-state index contributed by atoms with van der Waals surface area (Å²) in [6.07, 6.45) is 1.01. The molecule has 1 fully saturated rings. The van der Waals surface area contributed by atoms with E-state index in [1.165, 1.54) is 0 Å². The zero-order valence-corrected chi connectivity index (χ0v) is 13.1. The van der Waals surface area contributed by atoms with E-state index in [0.717, 1.165) is 17.9 Å². The summed E-state index contributed by atoms with van der Waals surface area (Å²) in [5.74, 6) is 0.811. The van der Waals surface area contributed by atoms with Crippen molar-refractivity contribution in [3.8, 4) is 0 Å². The Morgan fingerprint density at radius 2 is 2.18 bits per heavy atom. The number of benzene rings is 1. The second-order valence-electron chi connectivity index (χ2n) is 5.49. The molecule has 0 spiro atoms. The predicted molar refractivity (Wildman–Crippen MR) is 82.5 cm³/mol. The number of hydrogen-bond donors (Lipinski definition) is 1. The van der Waals surface area contributed by atoms with Gasteiger partial charge in [0.25, 0.3) is 0 Å². The summed E-state index contributed by atoms with van der Waals surface area (Å²) < 4.78 is 7.64. The highest BCUT2D eigenvalue weighted by atomic mass is 35.5. The monoisotopic (exact) mass is 322 g/mol. The molecule has 0 aliphatic carbocycles. The predicted octanol–water partition coefficient (Wildman–Crippen LogP) is 1.58. The SMILES string of the molecule is Cn1cnnc1[C@@H]1CN(C[C@H](O)c2ccc(Cl)cc2)CCO1. The molecule has 1 N–H and O–H groups in total. The van der Waals surface area contributed by atoms with Crippen LogP contribution in [-0.4, -0.2) is 51.0 Å². The zero-order valence-electron chi connectivity index (χ0n) is 12.4. The van der Waals surface area contributed by atoms with Crippen LogP contribution in [0.3, 0.4) is 0 Å².